The first-order valence-corrected chi connectivity index (χ1v) is 8.37. The van der Waals surface area contributed by atoms with E-state index in [1.165, 1.54) is 11.6 Å². The lowest BCUT2D eigenvalue weighted by Gasteiger charge is -2.14. The Morgan fingerprint density at radius 2 is 1.88 bits per heavy atom. The molecule has 3 rings (SSSR count). The normalized spacial score (nSPS) is 12.5. The van der Waals surface area contributed by atoms with E-state index < -0.39 is 17.4 Å². The van der Waals surface area contributed by atoms with Crippen LogP contribution in [0, 0.1) is 0 Å². The van der Waals surface area contributed by atoms with Crippen molar-refractivity contribution in [2.24, 2.45) is 14.1 Å². The van der Waals surface area contributed by atoms with Gasteiger partial charge in [0.1, 0.15) is 18.5 Å². The van der Waals surface area contributed by atoms with Crippen LogP contribution < -0.4 is 16.0 Å². The van der Waals surface area contributed by atoms with Crippen LogP contribution >= 0.6 is 15.9 Å². The Balaban J connectivity index is 1.89. The largest absolute Gasteiger partial charge is 0.491 e. The Morgan fingerprint density at radius 3 is 2.56 bits per heavy atom. The lowest BCUT2D eigenvalue weighted by atomic mass is 10.3. The number of aliphatic hydroxyl groups is 1. The Hall–Kier alpha value is -2.39. The lowest BCUT2D eigenvalue weighted by molar-refractivity contribution is 0.0902. The van der Waals surface area contributed by atoms with E-state index in [4.69, 9.17) is 4.74 Å². The molecule has 1 N–H and O–H groups in total. The molecule has 0 bridgehead atoms. The van der Waals surface area contributed by atoms with Gasteiger partial charge in [-0.2, -0.15) is 0 Å². The van der Waals surface area contributed by atoms with Gasteiger partial charge in [0, 0.05) is 14.1 Å². The van der Waals surface area contributed by atoms with Crippen LogP contribution in [-0.2, 0) is 20.6 Å². The summed E-state index contributed by atoms with van der Waals surface area (Å²) in [5, 5.41) is 10.2. The maximum absolute atomic E-state index is 12.7. The van der Waals surface area contributed by atoms with Gasteiger partial charge >= 0.3 is 5.69 Å². The number of ether oxygens (including phenoxy) is 1. The maximum atomic E-state index is 12.7. The Labute approximate surface area is 151 Å². The summed E-state index contributed by atoms with van der Waals surface area (Å²) >= 11 is 3.25. The quantitative estimate of drug-likeness (QED) is 0.625. The summed E-state index contributed by atoms with van der Waals surface area (Å²) in [4.78, 5) is 29.3. The van der Waals surface area contributed by atoms with Crippen LogP contribution in [0.5, 0.6) is 5.75 Å². The number of imidazole rings is 1. The van der Waals surface area contributed by atoms with Crippen LogP contribution in [0.3, 0.4) is 0 Å². The summed E-state index contributed by atoms with van der Waals surface area (Å²) in [6, 6.07) is 9.01. The van der Waals surface area contributed by atoms with E-state index in [1.807, 2.05) is 18.2 Å². The zero-order valence-corrected chi connectivity index (χ0v) is 15.3. The summed E-state index contributed by atoms with van der Waals surface area (Å²) in [7, 11) is 3.21. The number of rotatable bonds is 5. The summed E-state index contributed by atoms with van der Waals surface area (Å²) < 4.78 is 9.75. The predicted molar refractivity (Wildman–Crippen MR) is 95.9 cm³/mol. The Bertz CT molecular complexity index is 1020. The van der Waals surface area contributed by atoms with Crippen LogP contribution in [0.1, 0.15) is 0 Å². The van der Waals surface area contributed by atoms with E-state index >= 15 is 0 Å². The van der Waals surface area contributed by atoms with E-state index in [0.717, 1.165) is 4.57 Å². The van der Waals surface area contributed by atoms with Crippen molar-refractivity contribution in [1.29, 1.82) is 0 Å². The summed E-state index contributed by atoms with van der Waals surface area (Å²) in [5.41, 5.74) is -0.472. The van der Waals surface area contributed by atoms with Gasteiger partial charge in [-0.25, -0.2) is 9.78 Å². The van der Waals surface area contributed by atoms with Crippen molar-refractivity contribution >= 4 is 27.1 Å². The van der Waals surface area contributed by atoms with Crippen LogP contribution in [0.15, 0.2) is 44.7 Å². The van der Waals surface area contributed by atoms with Crippen LogP contribution in [0.4, 0.5) is 0 Å². The Kier molecular flexibility index (Phi) is 4.78. The number of fused-ring (bicyclic) bond motifs is 1. The number of aromatic nitrogens is 4. The molecule has 2 aromatic heterocycles. The minimum atomic E-state index is -1.01. The van der Waals surface area contributed by atoms with Gasteiger partial charge in [-0.05, 0) is 28.1 Å². The second kappa shape index (κ2) is 6.85. The van der Waals surface area contributed by atoms with Gasteiger partial charge in [0.25, 0.3) is 5.56 Å². The van der Waals surface area contributed by atoms with E-state index in [-0.39, 0.29) is 24.3 Å². The molecular formula is C16H17BrN4O4. The topological polar surface area (TPSA) is 91.3 Å². The molecule has 8 nitrogen and oxygen atoms in total. The highest BCUT2D eigenvalue weighted by Gasteiger charge is 2.19. The third-order valence-electron chi connectivity index (χ3n) is 3.88. The van der Waals surface area contributed by atoms with Gasteiger partial charge in [-0.3, -0.25) is 13.9 Å². The predicted octanol–water partition coefficient (Wildman–Crippen LogP) is 0.636. The molecule has 25 heavy (non-hydrogen) atoms. The zero-order chi connectivity index (χ0) is 18.1. The number of hydrogen-bond acceptors (Lipinski definition) is 5. The molecule has 132 valence electrons. The number of benzene rings is 1. The summed E-state index contributed by atoms with van der Waals surface area (Å²) in [6.07, 6.45) is -1.01. The van der Waals surface area contributed by atoms with Gasteiger partial charge in [-0.15, -0.1) is 0 Å². The number of nitrogens with zero attached hydrogens (tertiary/aromatic N) is 4. The number of para-hydroxylation sites is 1. The molecule has 0 radical (unpaired) electrons. The molecule has 0 aliphatic heterocycles. The third kappa shape index (κ3) is 3.24. The van der Waals surface area contributed by atoms with Gasteiger partial charge in [0.15, 0.2) is 15.9 Å². The van der Waals surface area contributed by atoms with Crippen molar-refractivity contribution in [3.05, 3.63) is 55.9 Å². The number of aliphatic hydroxyl groups excluding tert-OH is 1. The van der Waals surface area contributed by atoms with Gasteiger partial charge in [0.05, 0.1) is 6.54 Å². The number of halogens is 1. The minimum absolute atomic E-state index is 0.0350. The maximum Gasteiger partial charge on any atom is 0.332 e. The summed E-state index contributed by atoms with van der Waals surface area (Å²) in [6.45, 7) is -0.205. The molecule has 0 saturated carbocycles. The average molecular weight is 409 g/mol. The van der Waals surface area contributed by atoms with Gasteiger partial charge in [0.2, 0.25) is 0 Å². The Morgan fingerprint density at radius 1 is 1.20 bits per heavy atom. The molecule has 0 spiro atoms. The second-order valence-electron chi connectivity index (χ2n) is 5.65. The number of aryl methyl sites for hydroxylation is 2. The van der Waals surface area contributed by atoms with Crippen molar-refractivity contribution in [2.45, 2.75) is 12.6 Å². The van der Waals surface area contributed by atoms with Crippen molar-refractivity contribution in [1.82, 2.24) is 18.7 Å². The highest BCUT2D eigenvalue weighted by Crippen LogP contribution is 2.14. The first-order chi connectivity index (χ1) is 11.9. The molecule has 2 heterocycles. The van der Waals surface area contributed by atoms with Crippen molar-refractivity contribution in [2.75, 3.05) is 6.61 Å². The van der Waals surface area contributed by atoms with E-state index in [1.54, 1.807) is 23.7 Å². The third-order valence-corrected chi connectivity index (χ3v) is 4.59. The first-order valence-electron chi connectivity index (χ1n) is 7.57. The monoisotopic (exact) mass is 408 g/mol. The van der Waals surface area contributed by atoms with Crippen molar-refractivity contribution in [3.63, 3.8) is 0 Å². The molecule has 0 aliphatic rings. The molecule has 0 fully saturated rings. The molecule has 1 aromatic carbocycles. The fourth-order valence-corrected chi connectivity index (χ4v) is 2.90. The highest BCUT2D eigenvalue weighted by molar-refractivity contribution is 9.10. The van der Waals surface area contributed by atoms with Gasteiger partial charge < -0.3 is 14.4 Å². The average Bonchev–Trinajstić information content (AvgIpc) is 2.91. The van der Waals surface area contributed by atoms with E-state index in [9.17, 15) is 14.7 Å². The first kappa shape index (κ1) is 17.4. The van der Waals surface area contributed by atoms with Crippen molar-refractivity contribution in [3.8, 4) is 5.75 Å². The van der Waals surface area contributed by atoms with Gasteiger partial charge in [-0.1, -0.05) is 18.2 Å². The van der Waals surface area contributed by atoms with E-state index in [0.29, 0.717) is 10.5 Å². The van der Waals surface area contributed by atoms with E-state index in [2.05, 4.69) is 20.9 Å². The molecule has 9 heteroatoms. The van der Waals surface area contributed by atoms with Crippen LogP contribution in [-0.4, -0.2) is 36.5 Å². The van der Waals surface area contributed by atoms with Crippen LogP contribution in [0.2, 0.25) is 0 Å². The lowest BCUT2D eigenvalue weighted by Crippen LogP contribution is -2.43. The molecular weight excluding hydrogens is 392 g/mol. The standard InChI is InChI=1S/C16H17BrN4O4/c1-19-12-13(18-15(19)17)20(2)16(24)21(14(12)23)8-10(22)9-25-11-6-4-3-5-7-11/h3-7,10,22H,8-9H2,1-2H3/t10-/m0/s1. The molecule has 0 saturated heterocycles. The molecule has 1 atom stereocenters. The number of hydrogen-bond donors (Lipinski definition) is 1. The SMILES string of the molecule is Cn1c(Br)nc2c1c(=O)n(C[C@H](O)COc1ccccc1)c(=O)n2C. The highest BCUT2D eigenvalue weighted by atomic mass is 79.9. The van der Waals surface area contributed by atoms with Crippen molar-refractivity contribution < 1.29 is 9.84 Å². The fourth-order valence-electron chi connectivity index (χ4n) is 2.55. The fraction of sp³-hybridized carbons (Fsp3) is 0.312. The van der Waals surface area contributed by atoms with Crippen LogP contribution in [0.25, 0.3) is 11.2 Å². The summed E-state index contributed by atoms with van der Waals surface area (Å²) in [5.74, 6) is 0.604. The molecule has 0 aliphatic carbocycles. The smallest absolute Gasteiger partial charge is 0.332 e. The molecule has 0 unspecified atom stereocenters. The minimum Gasteiger partial charge on any atom is -0.491 e. The second-order valence-corrected chi connectivity index (χ2v) is 6.36. The molecule has 3 aromatic rings. The molecule has 0 amide bonds. The zero-order valence-electron chi connectivity index (χ0n) is 13.7.